The van der Waals surface area contributed by atoms with Gasteiger partial charge in [0.15, 0.2) is 5.78 Å². The maximum absolute atomic E-state index is 12.1. The SMILES string of the molecule is CCC1CCCC(C(=O)c2cn[nH]c2)C1. The standard InChI is InChI=1S/C12H18N2O/c1-2-9-4-3-5-10(6-9)12(15)11-7-13-14-8-11/h7-10H,2-6H2,1H3,(H,13,14). The van der Waals surface area contributed by atoms with Gasteiger partial charge in [0.1, 0.15) is 0 Å². The summed E-state index contributed by atoms with van der Waals surface area (Å²) in [6.45, 7) is 2.22. The topological polar surface area (TPSA) is 45.8 Å². The molecule has 2 rings (SSSR count). The molecule has 1 aromatic rings. The first kappa shape index (κ1) is 10.4. The van der Waals surface area contributed by atoms with Crippen LogP contribution in [0.4, 0.5) is 0 Å². The molecule has 0 saturated heterocycles. The maximum Gasteiger partial charge on any atom is 0.169 e. The minimum absolute atomic E-state index is 0.237. The van der Waals surface area contributed by atoms with Gasteiger partial charge in [-0.25, -0.2) is 0 Å². The predicted molar refractivity (Wildman–Crippen MR) is 58.7 cm³/mol. The Labute approximate surface area is 90.3 Å². The number of hydrogen-bond acceptors (Lipinski definition) is 2. The van der Waals surface area contributed by atoms with Crippen molar-refractivity contribution in [3.05, 3.63) is 18.0 Å². The minimum Gasteiger partial charge on any atom is -0.294 e. The zero-order valence-corrected chi connectivity index (χ0v) is 9.20. The van der Waals surface area contributed by atoms with E-state index in [0.717, 1.165) is 24.3 Å². The third-order valence-electron chi connectivity index (χ3n) is 3.51. The van der Waals surface area contributed by atoms with Crippen molar-refractivity contribution in [3.8, 4) is 0 Å². The second-order valence-corrected chi connectivity index (χ2v) is 4.49. The van der Waals surface area contributed by atoms with Crippen molar-refractivity contribution in [1.29, 1.82) is 0 Å². The van der Waals surface area contributed by atoms with Gasteiger partial charge >= 0.3 is 0 Å². The fourth-order valence-electron chi connectivity index (χ4n) is 2.52. The summed E-state index contributed by atoms with van der Waals surface area (Å²) < 4.78 is 0. The molecule has 2 atom stereocenters. The number of ketones is 1. The first-order chi connectivity index (χ1) is 7.31. The average Bonchev–Trinajstić information content (AvgIpc) is 2.81. The van der Waals surface area contributed by atoms with Crippen molar-refractivity contribution in [2.45, 2.75) is 39.0 Å². The molecular weight excluding hydrogens is 188 g/mol. The maximum atomic E-state index is 12.1. The minimum atomic E-state index is 0.237. The molecule has 0 amide bonds. The summed E-state index contributed by atoms with van der Waals surface area (Å²) in [5.74, 6) is 1.27. The van der Waals surface area contributed by atoms with E-state index in [-0.39, 0.29) is 11.7 Å². The molecule has 1 fully saturated rings. The number of nitrogens with zero attached hydrogens (tertiary/aromatic N) is 1. The summed E-state index contributed by atoms with van der Waals surface area (Å²) in [6.07, 6.45) is 9.17. The zero-order valence-electron chi connectivity index (χ0n) is 9.20. The molecule has 0 bridgehead atoms. The molecule has 1 heterocycles. The number of rotatable bonds is 3. The Bertz CT molecular complexity index is 318. The van der Waals surface area contributed by atoms with Gasteiger partial charge in [0.2, 0.25) is 0 Å². The summed E-state index contributed by atoms with van der Waals surface area (Å²) >= 11 is 0. The van der Waals surface area contributed by atoms with Crippen molar-refractivity contribution in [3.63, 3.8) is 0 Å². The van der Waals surface area contributed by atoms with E-state index in [1.54, 1.807) is 12.4 Å². The van der Waals surface area contributed by atoms with Crippen LogP contribution in [-0.2, 0) is 0 Å². The summed E-state index contributed by atoms with van der Waals surface area (Å²) in [6, 6.07) is 0. The Morgan fingerprint density at radius 3 is 3.13 bits per heavy atom. The third-order valence-corrected chi connectivity index (χ3v) is 3.51. The second kappa shape index (κ2) is 4.60. The molecule has 3 nitrogen and oxygen atoms in total. The summed E-state index contributed by atoms with van der Waals surface area (Å²) in [7, 11) is 0. The molecule has 0 aromatic carbocycles. The summed E-state index contributed by atoms with van der Waals surface area (Å²) in [5, 5.41) is 6.54. The number of H-pyrrole nitrogens is 1. The zero-order chi connectivity index (χ0) is 10.7. The van der Waals surface area contributed by atoms with E-state index in [9.17, 15) is 4.79 Å². The largest absolute Gasteiger partial charge is 0.294 e. The number of carbonyl (C=O) groups is 1. The third kappa shape index (κ3) is 2.28. The predicted octanol–water partition coefficient (Wildman–Crippen LogP) is 2.81. The Morgan fingerprint density at radius 2 is 2.47 bits per heavy atom. The first-order valence-electron chi connectivity index (χ1n) is 5.84. The molecule has 1 aliphatic rings. The van der Waals surface area contributed by atoms with Gasteiger partial charge in [0, 0.05) is 12.1 Å². The normalized spacial score (nSPS) is 26.5. The van der Waals surface area contributed by atoms with E-state index >= 15 is 0 Å². The van der Waals surface area contributed by atoms with E-state index < -0.39 is 0 Å². The number of carbonyl (C=O) groups excluding carboxylic acids is 1. The number of aromatic amines is 1. The van der Waals surface area contributed by atoms with Crippen molar-refractivity contribution in [2.75, 3.05) is 0 Å². The fourth-order valence-corrected chi connectivity index (χ4v) is 2.52. The van der Waals surface area contributed by atoms with E-state index in [2.05, 4.69) is 17.1 Å². The van der Waals surface area contributed by atoms with Gasteiger partial charge in [-0.2, -0.15) is 5.10 Å². The fraction of sp³-hybridized carbons (Fsp3) is 0.667. The molecule has 15 heavy (non-hydrogen) atoms. The average molecular weight is 206 g/mol. The summed E-state index contributed by atoms with van der Waals surface area (Å²) in [4.78, 5) is 12.1. The molecule has 0 radical (unpaired) electrons. The van der Waals surface area contributed by atoms with Crippen LogP contribution in [0.3, 0.4) is 0 Å². The smallest absolute Gasteiger partial charge is 0.169 e. The van der Waals surface area contributed by atoms with Gasteiger partial charge in [0.25, 0.3) is 0 Å². The van der Waals surface area contributed by atoms with Gasteiger partial charge in [-0.05, 0) is 18.8 Å². The lowest BCUT2D eigenvalue weighted by Gasteiger charge is -2.27. The molecule has 1 saturated carbocycles. The van der Waals surface area contributed by atoms with Crippen LogP contribution >= 0.6 is 0 Å². The lowest BCUT2D eigenvalue weighted by Crippen LogP contribution is -2.22. The van der Waals surface area contributed by atoms with E-state index in [4.69, 9.17) is 0 Å². The van der Waals surface area contributed by atoms with E-state index in [1.165, 1.54) is 19.3 Å². The first-order valence-corrected chi connectivity index (χ1v) is 5.84. The summed E-state index contributed by atoms with van der Waals surface area (Å²) in [5.41, 5.74) is 0.747. The van der Waals surface area contributed by atoms with Crippen LogP contribution in [0.2, 0.25) is 0 Å². The molecule has 1 N–H and O–H groups in total. The van der Waals surface area contributed by atoms with Crippen LogP contribution in [0, 0.1) is 11.8 Å². The number of nitrogens with one attached hydrogen (secondary N) is 1. The highest BCUT2D eigenvalue weighted by atomic mass is 16.1. The van der Waals surface area contributed by atoms with Gasteiger partial charge in [-0.3, -0.25) is 9.89 Å². The van der Waals surface area contributed by atoms with Crippen molar-refractivity contribution in [1.82, 2.24) is 10.2 Å². The van der Waals surface area contributed by atoms with Gasteiger partial charge in [0.05, 0.1) is 11.8 Å². The quantitative estimate of drug-likeness (QED) is 0.773. The lowest BCUT2D eigenvalue weighted by molar-refractivity contribution is 0.0862. The Kier molecular flexibility index (Phi) is 3.19. The molecule has 0 aliphatic heterocycles. The van der Waals surface area contributed by atoms with Gasteiger partial charge in [-0.1, -0.05) is 26.2 Å². The monoisotopic (exact) mass is 206 g/mol. The van der Waals surface area contributed by atoms with E-state index in [0.29, 0.717) is 0 Å². The van der Waals surface area contributed by atoms with Gasteiger partial charge in [-0.15, -0.1) is 0 Å². The molecule has 82 valence electrons. The molecular formula is C12H18N2O. The second-order valence-electron chi connectivity index (χ2n) is 4.49. The van der Waals surface area contributed by atoms with Crippen LogP contribution in [0.25, 0.3) is 0 Å². The molecule has 2 unspecified atom stereocenters. The molecule has 1 aliphatic carbocycles. The van der Waals surface area contributed by atoms with Crippen LogP contribution < -0.4 is 0 Å². The van der Waals surface area contributed by atoms with Crippen LogP contribution in [0.15, 0.2) is 12.4 Å². The molecule has 3 heteroatoms. The lowest BCUT2D eigenvalue weighted by atomic mass is 9.77. The van der Waals surface area contributed by atoms with Gasteiger partial charge < -0.3 is 0 Å². The molecule has 0 spiro atoms. The number of Topliss-reactive ketones (excluding diaryl/α,β-unsaturated/α-hetero) is 1. The molecule has 1 aromatic heterocycles. The Morgan fingerprint density at radius 1 is 1.60 bits per heavy atom. The highest BCUT2D eigenvalue weighted by Gasteiger charge is 2.27. The van der Waals surface area contributed by atoms with Crippen molar-refractivity contribution in [2.24, 2.45) is 11.8 Å². The van der Waals surface area contributed by atoms with Crippen molar-refractivity contribution >= 4 is 5.78 Å². The highest BCUT2D eigenvalue weighted by Crippen LogP contribution is 2.32. The Hall–Kier alpha value is -1.12. The highest BCUT2D eigenvalue weighted by molar-refractivity contribution is 5.97. The van der Waals surface area contributed by atoms with E-state index in [1.807, 2.05) is 0 Å². The van der Waals surface area contributed by atoms with Crippen LogP contribution in [0.1, 0.15) is 49.4 Å². The number of hydrogen-bond donors (Lipinski definition) is 1. The Balaban J connectivity index is 2.01. The number of aromatic nitrogens is 2. The van der Waals surface area contributed by atoms with Crippen molar-refractivity contribution < 1.29 is 4.79 Å². The van der Waals surface area contributed by atoms with Crippen LogP contribution in [-0.4, -0.2) is 16.0 Å². The van der Waals surface area contributed by atoms with Crippen LogP contribution in [0.5, 0.6) is 0 Å².